The molecule has 122 valence electrons. The number of hydrogen-bond acceptors (Lipinski definition) is 3. The van der Waals surface area contributed by atoms with Crippen molar-refractivity contribution >= 4 is 11.3 Å². The van der Waals surface area contributed by atoms with Gasteiger partial charge in [-0.05, 0) is 54.9 Å². The van der Waals surface area contributed by atoms with Crippen LogP contribution in [0.3, 0.4) is 0 Å². The van der Waals surface area contributed by atoms with Crippen LogP contribution in [0.1, 0.15) is 31.2 Å². The number of halogens is 1. The van der Waals surface area contributed by atoms with Gasteiger partial charge in [-0.15, -0.1) is 0 Å². The Morgan fingerprint density at radius 2 is 2.00 bits per heavy atom. The molecule has 1 aromatic heterocycles. The minimum absolute atomic E-state index is 0.0344. The van der Waals surface area contributed by atoms with Crippen molar-refractivity contribution < 1.29 is 13.2 Å². The second-order valence-corrected chi connectivity index (χ2v) is 6.79. The highest BCUT2D eigenvalue weighted by Gasteiger charge is 2.38. The lowest BCUT2D eigenvalue weighted by molar-refractivity contribution is 0.490. The van der Waals surface area contributed by atoms with Gasteiger partial charge in [-0.3, -0.25) is 4.21 Å². The lowest BCUT2D eigenvalue weighted by atomic mass is 10.0. The molecule has 1 saturated carbocycles. The Morgan fingerprint density at radius 1 is 1.30 bits per heavy atom. The van der Waals surface area contributed by atoms with Crippen molar-refractivity contribution in [2.24, 2.45) is 5.92 Å². The zero-order valence-corrected chi connectivity index (χ0v) is 13.6. The van der Waals surface area contributed by atoms with E-state index < -0.39 is 17.2 Å². The minimum Gasteiger partial charge on any atom is -0.760 e. The largest absolute Gasteiger partial charge is 0.760 e. The second-order valence-electron chi connectivity index (χ2n) is 6.08. The van der Waals surface area contributed by atoms with E-state index in [1.807, 2.05) is 19.1 Å². The van der Waals surface area contributed by atoms with Gasteiger partial charge in [0, 0.05) is 29.1 Å². The maximum absolute atomic E-state index is 12.9. The number of nitrogens with one attached hydrogen (secondary N) is 1. The Morgan fingerprint density at radius 3 is 2.61 bits per heavy atom. The molecular weight excluding hydrogens is 315 g/mol. The van der Waals surface area contributed by atoms with Gasteiger partial charge in [0.1, 0.15) is 0 Å². The van der Waals surface area contributed by atoms with Crippen LogP contribution in [0.2, 0.25) is 0 Å². The molecule has 4 unspecified atom stereocenters. The summed E-state index contributed by atoms with van der Waals surface area (Å²) in [5, 5.41) is 0. The van der Waals surface area contributed by atoms with E-state index in [0.717, 1.165) is 24.0 Å². The van der Waals surface area contributed by atoms with Crippen LogP contribution in [-0.4, -0.2) is 19.8 Å². The first-order valence-corrected chi connectivity index (χ1v) is 8.67. The summed E-state index contributed by atoms with van der Waals surface area (Å²) >= 11 is -2.20. The van der Waals surface area contributed by atoms with Gasteiger partial charge in [0.2, 0.25) is 5.95 Å². The van der Waals surface area contributed by atoms with E-state index in [4.69, 9.17) is 0 Å². The van der Waals surface area contributed by atoms with Gasteiger partial charge in [-0.25, -0.2) is 9.71 Å². The Kier molecular flexibility index (Phi) is 4.84. The van der Waals surface area contributed by atoms with Gasteiger partial charge in [0.25, 0.3) is 0 Å². The number of benzene rings is 1. The minimum atomic E-state index is -2.20. The fourth-order valence-electron chi connectivity index (χ4n) is 3.05. The quantitative estimate of drug-likeness (QED) is 0.652. The summed E-state index contributed by atoms with van der Waals surface area (Å²) in [6.45, 7) is 1.88. The van der Waals surface area contributed by atoms with Crippen LogP contribution < -0.4 is 4.72 Å². The summed E-state index contributed by atoms with van der Waals surface area (Å²) in [7, 11) is 0. The molecular formula is C17H18FN2O2S-. The van der Waals surface area contributed by atoms with Crippen molar-refractivity contribution in [3.05, 3.63) is 54.1 Å². The zero-order chi connectivity index (χ0) is 16.4. The van der Waals surface area contributed by atoms with E-state index in [-0.39, 0.29) is 6.04 Å². The summed E-state index contributed by atoms with van der Waals surface area (Å²) < 4.78 is 36.6. The lowest BCUT2D eigenvalue weighted by Crippen LogP contribution is -2.28. The first kappa shape index (κ1) is 16.2. The van der Waals surface area contributed by atoms with E-state index >= 15 is 0 Å². The summed E-state index contributed by atoms with van der Waals surface area (Å²) in [6.07, 6.45) is 3.47. The summed E-state index contributed by atoms with van der Waals surface area (Å²) in [5.41, 5.74) is 3.17. The van der Waals surface area contributed by atoms with Crippen molar-refractivity contribution in [3.8, 4) is 11.1 Å². The smallest absolute Gasteiger partial charge is 0.212 e. The average Bonchev–Trinajstić information content (AvgIpc) is 3.26. The molecule has 0 radical (unpaired) electrons. The highest BCUT2D eigenvalue weighted by atomic mass is 32.2. The molecule has 1 aliphatic rings. The van der Waals surface area contributed by atoms with Gasteiger partial charge >= 0.3 is 0 Å². The molecule has 0 saturated heterocycles. The van der Waals surface area contributed by atoms with E-state index in [1.54, 1.807) is 6.07 Å². The highest BCUT2D eigenvalue weighted by molar-refractivity contribution is 7.77. The first-order chi connectivity index (χ1) is 11.0. The van der Waals surface area contributed by atoms with E-state index in [1.165, 1.54) is 17.8 Å². The van der Waals surface area contributed by atoms with Crippen LogP contribution in [0.25, 0.3) is 11.1 Å². The molecule has 3 rings (SSSR count). The summed E-state index contributed by atoms with van der Waals surface area (Å²) in [5.74, 6) is 0.548. The first-order valence-electron chi connectivity index (χ1n) is 7.60. The normalized spacial score (nSPS) is 22.6. The molecule has 1 fully saturated rings. The SMILES string of the molecule is CC(CC1CC1c1ccc(-c2ccc(F)nc2)cc1)NS(=O)[O-]. The lowest BCUT2D eigenvalue weighted by Gasteiger charge is -2.15. The fourth-order valence-corrected chi connectivity index (χ4v) is 3.48. The molecule has 1 aromatic carbocycles. The second kappa shape index (κ2) is 6.86. The molecule has 0 aliphatic heterocycles. The van der Waals surface area contributed by atoms with Crippen LogP contribution in [0.4, 0.5) is 4.39 Å². The Balaban J connectivity index is 1.60. The number of hydrogen-bond donors (Lipinski definition) is 1. The maximum Gasteiger partial charge on any atom is 0.212 e. The molecule has 0 spiro atoms. The molecule has 1 N–H and O–H groups in total. The van der Waals surface area contributed by atoms with E-state index in [0.29, 0.717) is 11.8 Å². The molecule has 1 aliphatic carbocycles. The molecule has 0 bridgehead atoms. The molecule has 4 atom stereocenters. The van der Waals surface area contributed by atoms with Crippen molar-refractivity contribution in [2.75, 3.05) is 0 Å². The molecule has 2 aromatic rings. The van der Waals surface area contributed by atoms with Crippen LogP contribution in [-0.2, 0) is 11.3 Å². The van der Waals surface area contributed by atoms with Gasteiger partial charge in [0.15, 0.2) is 0 Å². The van der Waals surface area contributed by atoms with Crippen molar-refractivity contribution in [2.45, 2.75) is 31.7 Å². The zero-order valence-electron chi connectivity index (χ0n) is 12.7. The Labute approximate surface area is 137 Å². The third kappa shape index (κ3) is 4.22. The number of aromatic nitrogens is 1. The predicted molar refractivity (Wildman–Crippen MR) is 86.6 cm³/mol. The predicted octanol–water partition coefficient (Wildman–Crippen LogP) is 3.15. The number of pyridine rings is 1. The van der Waals surface area contributed by atoms with Gasteiger partial charge in [0.05, 0.1) is 0 Å². The Hall–Kier alpha value is -1.63. The van der Waals surface area contributed by atoms with Crippen LogP contribution in [0.15, 0.2) is 42.6 Å². The Bertz CT molecular complexity index is 691. The molecule has 23 heavy (non-hydrogen) atoms. The van der Waals surface area contributed by atoms with E-state index in [2.05, 4.69) is 21.8 Å². The van der Waals surface area contributed by atoms with Gasteiger partial charge < -0.3 is 4.55 Å². The van der Waals surface area contributed by atoms with Crippen LogP contribution >= 0.6 is 0 Å². The van der Waals surface area contributed by atoms with Crippen molar-refractivity contribution in [3.63, 3.8) is 0 Å². The van der Waals surface area contributed by atoms with E-state index in [9.17, 15) is 13.2 Å². The molecule has 1 heterocycles. The fraction of sp³-hybridized carbons (Fsp3) is 0.353. The highest BCUT2D eigenvalue weighted by Crippen LogP contribution is 2.50. The molecule has 6 heteroatoms. The number of nitrogens with zero attached hydrogens (tertiary/aromatic N) is 1. The molecule has 0 amide bonds. The number of rotatable bonds is 6. The van der Waals surface area contributed by atoms with Crippen LogP contribution in [0, 0.1) is 11.9 Å². The standard InChI is InChI=1S/C17H19FN2O2S/c1-11(20-23(21)22)8-15-9-16(15)13-4-2-12(3-5-13)14-6-7-17(18)19-10-14/h2-7,10-11,15-16,20H,8-9H2,1H3,(H,21,22)/p-1. The third-order valence-electron chi connectivity index (χ3n) is 4.28. The topological polar surface area (TPSA) is 65.0 Å². The summed E-state index contributed by atoms with van der Waals surface area (Å²) in [6, 6.07) is 11.3. The maximum atomic E-state index is 12.9. The average molecular weight is 333 g/mol. The van der Waals surface area contributed by atoms with Crippen molar-refractivity contribution in [1.82, 2.24) is 9.71 Å². The van der Waals surface area contributed by atoms with Crippen LogP contribution in [0.5, 0.6) is 0 Å². The monoisotopic (exact) mass is 333 g/mol. The third-order valence-corrected chi connectivity index (χ3v) is 4.87. The van der Waals surface area contributed by atoms with Crippen molar-refractivity contribution in [1.29, 1.82) is 0 Å². The van der Waals surface area contributed by atoms with Gasteiger partial charge in [-0.2, -0.15) is 4.39 Å². The molecule has 4 nitrogen and oxygen atoms in total. The van der Waals surface area contributed by atoms with Gasteiger partial charge in [-0.1, -0.05) is 24.3 Å². The summed E-state index contributed by atoms with van der Waals surface area (Å²) in [4.78, 5) is 3.67.